The number of carbonyl (C=O) groups is 1. The van der Waals surface area contributed by atoms with Crippen LogP contribution in [0.25, 0.3) is 0 Å². The molecule has 3 heteroatoms. The maximum absolute atomic E-state index is 11.7. The van der Waals surface area contributed by atoms with E-state index < -0.39 is 11.4 Å². The largest absolute Gasteiger partial charge is 0.494 e. The zero-order chi connectivity index (χ0) is 14.3. The molecule has 110 valence electrons. The molecular formula is C17H24O3. The van der Waals surface area contributed by atoms with E-state index >= 15 is 0 Å². The molecule has 1 fully saturated rings. The van der Waals surface area contributed by atoms with Crippen molar-refractivity contribution in [3.05, 3.63) is 30.3 Å². The summed E-state index contributed by atoms with van der Waals surface area (Å²) < 4.78 is 5.69. The number of rotatable bonds is 5. The lowest BCUT2D eigenvalue weighted by molar-refractivity contribution is -0.151. The third-order valence-corrected chi connectivity index (χ3v) is 4.36. The van der Waals surface area contributed by atoms with Crippen LogP contribution in [0.3, 0.4) is 0 Å². The molecule has 1 aliphatic rings. The molecule has 0 heterocycles. The summed E-state index contributed by atoms with van der Waals surface area (Å²) in [4.78, 5) is 11.7. The first-order valence-electron chi connectivity index (χ1n) is 7.64. The molecule has 1 N–H and O–H groups in total. The topological polar surface area (TPSA) is 46.5 Å². The summed E-state index contributed by atoms with van der Waals surface area (Å²) in [5.74, 6) is 0.176. The van der Waals surface area contributed by atoms with E-state index in [1.807, 2.05) is 30.3 Å². The number of aliphatic carboxylic acids is 1. The van der Waals surface area contributed by atoms with Gasteiger partial charge in [0.05, 0.1) is 12.0 Å². The molecule has 1 aliphatic carbocycles. The minimum Gasteiger partial charge on any atom is -0.494 e. The number of carboxylic acids is 1. The van der Waals surface area contributed by atoms with Gasteiger partial charge >= 0.3 is 5.97 Å². The summed E-state index contributed by atoms with van der Waals surface area (Å²) in [6.45, 7) is 0.482. The van der Waals surface area contributed by atoms with Gasteiger partial charge in [0.25, 0.3) is 0 Å². The van der Waals surface area contributed by atoms with Crippen LogP contribution < -0.4 is 4.74 Å². The normalized spacial score (nSPS) is 18.8. The Hall–Kier alpha value is -1.51. The fraction of sp³-hybridized carbons (Fsp3) is 0.588. The van der Waals surface area contributed by atoms with Gasteiger partial charge in [0.15, 0.2) is 0 Å². The first kappa shape index (κ1) is 14.9. The first-order chi connectivity index (χ1) is 9.73. The van der Waals surface area contributed by atoms with E-state index in [0.29, 0.717) is 13.0 Å². The summed E-state index contributed by atoms with van der Waals surface area (Å²) in [6.07, 6.45) is 7.81. The summed E-state index contributed by atoms with van der Waals surface area (Å²) in [5, 5.41) is 9.65. The van der Waals surface area contributed by atoms with Gasteiger partial charge in [0.2, 0.25) is 0 Å². The van der Waals surface area contributed by atoms with E-state index in [1.54, 1.807) is 0 Å². The fourth-order valence-corrected chi connectivity index (χ4v) is 3.03. The Labute approximate surface area is 121 Å². The molecule has 20 heavy (non-hydrogen) atoms. The van der Waals surface area contributed by atoms with Crippen molar-refractivity contribution in [2.75, 3.05) is 6.61 Å². The third-order valence-electron chi connectivity index (χ3n) is 4.36. The SMILES string of the molecule is O=C(O)C1(CCOc2ccccc2)CCCCCCC1. The molecule has 0 unspecified atom stereocenters. The van der Waals surface area contributed by atoms with Crippen molar-refractivity contribution in [2.45, 2.75) is 51.4 Å². The number of benzene rings is 1. The number of carboxylic acid groups (broad SMARTS) is 1. The molecule has 0 saturated heterocycles. The van der Waals surface area contributed by atoms with E-state index in [-0.39, 0.29) is 0 Å². The van der Waals surface area contributed by atoms with Crippen molar-refractivity contribution in [1.82, 2.24) is 0 Å². The second-order valence-electron chi connectivity index (χ2n) is 5.76. The van der Waals surface area contributed by atoms with Gasteiger partial charge < -0.3 is 9.84 Å². The summed E-state index contributed by atoms with van der Waals surface area (Å²) in [5.41, 5.74) is -0.574. The predicted octanol–water partition coefficient (Wildman–Crippen LogP) is 4.27. The van der Waals surface area contributed by atoms with E-state index in [0.717, 1.165) is 44.3 Å². The lowest BCUT2D eigenvalue weighted by Crippen LogP contribution is -2.33. The van der Waals surface area contributed by atoms with Crippen LogP contribution in [0.1, 0.15) is 51.4 Å². The Morgan fingerprint density at radius 2 is 1.65 bits per heavy atom. The monoisotopic (exact) mass is 276 g/mol. The van der Waals surface area contributed by atoms with Crippen LogP contribution in [0, 0.1) is 5.41 Å². The Bertz CT molecular complexity index is 406. The number of hydrogen-bond donors (Lipinski definition) is 1. The Balaban J connectivity index is 1.92. The highest BCUT2D eigenvalue weighted by Crippen LogP contribution is 2.37. The minimum absolute atomic E-state index is 0.482. The van der Waals surface area contributed by atoms with Crippen LogP contribution in [-0.2, 0) is 4.79 Å². The molecule has 3 nitrogen and oxygen atoms in total. The Kier molecular flexibility index (Phi) is 5.45. The van der Waals surface area contributed by atoms with Crippen molar-refractivity contribution in [2.24, 2.45) is 5.41 Å². The van der Waals surface area contributed by atoms with Gasteiger partial charge in [-0.15, -0.1) is 0 Å². The molecule has 0 spiro atoms. The van der Waals surface area contributed by atoms with Gasteiger partial charge in [-0.3, -0.25) is 4.79 Å². The maximum Gasteiger partial charge on any atom is 0.309 e. The second kappa shape index (κ2) is 7.32. The lowest BCUT2D eigenvalue weighted by Gasteiger charge is -2.31. The Morgan fingerprint density at radius 3 is 2.25 bits per heavy atom. The number of hydrogen-bond acceptors (Lipinski definition) is 2. The average Bonchev–Trinajstić information content (AvgIpc) is 2.42. The van der Waals surface area contributed by atoms with Crippen molar-refractivity contribution >= 4 is 5.97 Å². The minimum atomic E-state index is -0.643. The van der Waals surface area contributed by atoms with Gasteiger partial charge in [-0.1, -0.05) is 50.3 Å². The van der Waals surface area contributed by atoms with Crippen molar-refractivity contribution in [3.8, 4) is 5.75 Å². The first-order valence-corrected chi connectivity index (χ1v) is 7.64. The van der Waals surface area contributed by atoms with Gasteiger partial charge in [-0.25, -0.2) is 0 Å². The highest BCUT2D eigenvalue weighted by molar-refractivity contribution is 5.74. The van der Waals surface area contributed by atoms with Crippen molar-refractivity contribution in [3.63, 3.8) is 0 Å². The average molecular weight is 276 g/mol. The molecule has 1 saturated carbocycles. The molecule has 0 aromatic heterocycles. The van der Waals surface area contributed by atoms with Crippen LogP contribution in [-0.4, -0.2) is 17.7 Å². The smallest absolute Gasteiger partial charge is 0.309 e. The van der Waals surface area contributed by atoms with Crippen LogP contribution in [0.15, 0.2) is 30.3 Å². The Morgan fingerprint density at radius 1 is 1.05 bits per heavy atom. The second-order valence-corrected chi connectivity index (χ2v) is 5.76. The summed E-state index contributed by atoms with van der Waals surface area (Å²) in [7, 11) is 0. The number of para-hydroxylation sites is 1. The summed E-state index contributed by atoms with van der Waals surface area (Å²) in [6, 6.07) is 9.62. The van der Waals surface area contributed by atoms with Gasteiger partial charge in [-0.05, 0) is 31.4 Å². The van der Waals surface area contributed by atoms with E-state index in [4.69, 9.17) is 4.74 Å². The van der Waals surface area contributed by atoms with Crippen molar-refractivity contribution < 1.29 is 14.6 Å². The molecule has 0 radical (unpaired) electrons. The lowest BCUT2D eigenvalue weighted by atomic mass is 9.74. The maximum atomic E-state index is 11.7. The molecule has 0 aliphatic heterocycles. The molecule has 0 bridgehead atoms. The quantitative estimate of drug-likeness (QED) is 0.873. The van der Waals surface area contributed by atoms with Gasteiger partial charge in [-0.2, -0.15) is 0 Å². The molecule has 1 aromatic rings. The highest BCUT2D eigenvalue weighted by atomic mass is 16.5. The van der Waals surface area contributed by atoms with Crippen LogP contribution in [0.2, 0.25) is 0 Å². The third kappa shape index (κ3) is 3.99. The number of ether oxygens (including phenoxy) is 1. The predicted molar refractivity (Wildman–Crippen MR) is 78.9 cm³/mol. The fourth-order valence-electron chi connectivity index (χ4n) is 3.03. The zero-order valence-corrected chi connectivity index (χ0v) is 12.0. The molecular weight excluding hydrogens is 252 g/mol. The summed E-state index contributed by atoms with van der Waals surface area (Å²) >= 11 is 0. The van der Waals surface area contributed by atoms with Gasteiger partial charge in [0.1, 0.15) is 5.75 Å². The molecule has 2 rings (SSSR count). The van der Waals surface area contributed by atoms with E-state index in [1.165, 1.54) is 6.42 Å². The van der Waals surface area contributed by atoms with Crippen LogP contribution >= 0.6 is 0 Å². The van der Waals surface area contributed by atoms with Crippen LogP contribution in [0.5, 0.6) is 5.75 Å². The molecule has 0 atom stereocenters. The molecule has 0 amide bonds. The highest BCUT2D eigenvalue weighted by Gasteiger charge is 2.37. The van der Waals surface area contributed by atoms with Crippen LogP contribution in [0.4, 0.5) is 0 Å². The molecule has 1 aromatic carbocycles. The van der Waals surface area contributed by atoms with Gasteiger partial charge in [0, 0.05) is 0 Å². The van der Waals surface area contributed by atoms with Crippen molar-refractivity contribution in [1.29, 1.82) is 0 Å². The standard InChI is InChI=1S/C17H24O3/c18-16(19)17(11-7-2-1-3-8-12-17)13-14-20-15-9-5-4-6-10-15/h4-6,9-10H,1-3,7-8,11-14H2,(H,18,19). The van der Waals surface area contributed by atoms with E-state index in [9.17, 15) is 9.90 Å². The zero-order valence-electron chi connectivity index (χ0n) is 12.0. The van der Waals surface area contributed by atoms with E-state index in [2.05, 4.69) is 0 Å².